The van der Waals surface area contributed by atoms with Gasteiger partial charge in [-0.3, -0.25) is 5.10 Å². The quantitative estimate of drug-likeness (QED) is 0.722. The summed E-state index contributed by atoms with van der Waals surface area (Å²) in [7, 11) is -3.87. The molecule has 0 aliphatic heterocycles. The Morgan fingerprint density at radius 2 is 2.20 bits per heavy atom. The van der Waals surface area contributed by atoms with Gasteiger partial charge in [-0.2, -0.15) is 5.10 Å². The number of H-pyrrole nitrogens is 1. The predicted octanol–water partition coefficient (Wildman–Crippen LogP) is 0.744. The van der Waals surface area contributed by atoms with Gasteiger partial charge in [0, 0.05) is 4.47 Å². The lowest BCUT2D eigenvalue weighted by atomic mass is 10.2. The summed E-state index contributed by atoms with van der Waals surface area (Å²) >= 11 is 3.09. The van der Waals surface area contributed by atoms with Gasteiger partial charge in [0.05, 0.1) is 17.0 Å². The summed E-state index contributed by atoms with van der Waals surface area (Å²) in [5.41, 5.74) is -0.117. The number of nitrogens with one attached hydrogen (secondary N) is 2. The Bertz CT molecular complexity index is 730. The first-order valence-corrected chi connectivity index (χ1v) is 7.54. The number of aromatic amines is 1. The van der Waals surface area contributed by atoms with Crippen LogP contribution in [0.5, 0.6) is 0 Å². The highest BCUT2D eigenvalue weighted by Gasteiger charge is 2.20. The molecule has 1 aromatic heterocycles. The second-order valence-electron chi connectivity index (χ2n) is 3.71. The second-order valence-corrected chi connectivity index (χ2v) is 6.30. The highest BCUT2D eigenvalue weighted by Crippen LogP contribution is 2.23. The number of hydrogen-bond donors (Lipinski definition) is 3. The normalized spacial score (nSPS) is 11.4. The van der Waals surface area contributed by atoms with Crippen molar-refractivity contribution >= 4 is 31.9 Å². The van der Waals surface area contributed by atoms with Gasteiger partial charge in [0.1, 0.15) is 12.2 Å². The van der Waals surface area contributed by atoms with E-state index in [1.165, 1.54) is 18.5 Å². The maximum Gasteiger partial charge on any atom is 0.335 e. The second kappa shape index (κ2) is 5.69. The minimum absolute atomic E-state index is 0.0773. The minimum atomic E-state index is -3.87. The number of hydrogen-bond acceptors (Lipinski definition) is 5. The summed E-state index contributed by atoms with van der Waals surface area (Å²) in [6.07, 6.45) is 1.25. The molecule has 0 aliphatic carbocycles. The summed E-state index contributed by atoms with van der Waals surface area (Å²) in [5, 5.41) is 15.0. The van der Waals surface area contributed by atoms with E-state index in [-0.39, 0.29) is 21.5 Å². The van der Waals surface area contributed by atoms with Crippen LogP contribution in [0.25, 0.3) is 0 Å². The third kappa shape index (κ3) is 3.21. The lowest BCUT2D eigenvalue weighted by Crippen LogP contribution is -2.24. The summed E-state index contributed by atoms with van der Waals surface area (Å²) in [4.78, 5) is 14.5. The fraction of sp³-hybridized carbons (Fsp3) is 0.100. The predicted molar refractivity (Wildman–Crippen MR) is 71.5 cm³/mol. The molecule has 0 spiro atoms. The largest absolute Gasteiger partial charge is 0.478 e. The van der Waals surface area contributed by atoms with Gasteiger partial charge in [-0.15, -0.1) is 0 Å². The van der Waals surface area contributed by atoms with Crippen LogP contribution in [0.1, 0.15) is 16.2 Å². The molecule has 0 atom stereocenters. The van der Waals surface area contributed by atoms with Gasteiger partial charge in [0.2, 0.25) is 10.0 Å². The molecule has 0 bridgehead atoms. The van der Waals surface area contributed by atoms with E-state index in [9.17, 15) is 13.2 Å². The number of sulfonamides is 1. The van der Waals surface area contributed by atoms with E-state index >= 15 is 0 Å². The molecule has 1 aromatic carbocycles. The van der Waals surface area contributed by atoms with Crippen LogP contribution in [0.15, 0.2) is 33.9 Å². The summed E-state index contributed by atoms with van der Waals surface area (Å²) < 4.78 is 26.8. The van der Waals surface area contributed by atoms with Crippen molar-refractivity contribution in [1.82, 2.24) is 19.9 Å². The van der Waals surface area contributed by atoms with Gasteiger partial charge >= 0.3 is 5.97 Å². The van der Waals surface area contributed by atoms with E-state index in [2.05, 4.69) is 35.8 Å². The number of aromatic nitrogens is 3. The van der Waals surface area contributed by atoms with Crippen LogP contribution < -0.4 is 4.72 Å². The fourth-order valence-electron chi connectivity index (χ4n) is 1.40. The van der Waals surface area contributed by atoms with Gasteiger partial charge in [-0.05, 0) is 34.1 Å². The molecule has 0 radical (unpaired) electrons. The maximum atomic E-state index is 12.1. The molecule has 10 heteroatoms. The molecular weight excluding hydrogens is 352 g/mol. The molecular formula is C10H9BrN4O4S. The molecule has 2 rings (SSSR count). The van der Waals surface area contributed by atoms with Crippen molar-refractivity contribution in [3.05, 3.63) is 40.4 Å². The van der Waals surface area contributed by atoms with Gasteiger partial charge < -0.3 is 5.11 Å². The van der Waals surface area contributed by atoms with Gasteiger partial charge in [0.15, 0.2) is 0 Å². The molecule has 3 N–H and O–H groups in total. The lowest BCUT2D eigenvalue weighted by Gasteiger charge is -2.08. The lowest BCUT2D eigenvalue weighted by molar-refractivity contribution is 0.0696. The van der Waals surface area contributed by atoms with Crippen LogP contribution in [0, 0.1) is 0 Å². The maximum absolute atomic E-state index is 12.1. The first kappa shape index (κ1) is 14.6. The average Bonchev–Trinajstić information content (AvgIpc) is 2.89. The standard InChI is InChI=1S/C10H9BrN4O4S/c11-7-2-1-6(10(16)17)3-8(7)20(18,19)14-4-9-12-5-13-15-9/h1-3,5,14H,4H2,(H,16,17)(H,12,13,15). The highest BCUT2D eigenvalue weighted by molar-refractivity contribution is 9.10. The van der Waals surface area contributed by atoms with E-state index < -0.39 is 16.0 Å². The van der Waals surface area contributed by atoms with Gasteiger partial charge in [-0.25, -0.2) is 22.9 Å². The number of carboxylic acids is 1. The van der Waals surface area contributed by atoms with E-state index in [0.29, 0.717) is 5.82 Å². The molecule has 20 heavy (non-hydrogen) atoms. The number of nitrogens with zero attached hydrogens (tertiary/aromatic N) is 2. The Hall–Kier alpha value is -1.78. The van der Waals surface area contributed by atoms with Crippen LogP contribution in [0.4, 0.5) is 0 Å². The smallest absolute Gasteiger partial charge is 0.335 e. The van der Waals surface area contributed by atoms with E-state index in [0.717, 1.165) is 6.07 Å². The third-order valence-electron chi connectivity index (χ3n) is 2.36. The molecule has 0 saturated carbocycles. The van der Waals surface area contributed by atoms with Crippen molar-refractivity contribution < 1.29 is 18.3 Å². The molecule has 0 amide bonds. The first-order valence-electron chi connectivity index (χ1n) is 5.27. The van der Waals surface area contributed by atoms with E-state index in [1.807, 2.05) is 0 Å². The number of aromatic carboxylic acids is 1. The van der Waals surface area contributed by atoms with Gasteiger partial charge in [-0.1, -0.05) is 0 Å². The van der Waals surface area contributed by atoms with Crippen molar-refractivity contribution in [3.8, 4) is 0 Å². The van der Waals surface area contributed by atoms with Crippen molar-refractivity contribution in [2.75, 3.05) is 0 Å². The van der Waals surface area contributed by atoms with Crippen molar-refractivity contribution in [2.45, 2.75) is 11.4 Å². The van der Waals surface area contributed by atoms with E-state index in [4.69, 9.17) is 5.11 Å². The average molecular weight is 361 g/mol. The van der Waals surface area contributed by atoms with Crippen LogP contribution >= 0.6 is 15.9 Å². The summed E-state index contributed by atoms with van der Waals surface area (Å²) in [6, 6.07) is 3.75. The van der Waals surface area contributed by atoms with Crippen molar-refractivity contribution in [2.24, 2.45) is 0 Å². The van der Waals surface area contributed by atoms with Crippen LogP contribution in [-0.2, 0) is 16.6 Å². The molecule has 8 nitrogen and oxygen atoms in total. The Kier molecular flexibility index (Phi) is 4.16. The molecule has 0 fully saturated rings. The number of rotatable bonds is 5. The molecule has 2 aromatic rings. The molecule has 0 aliphatic rings. The Labute approximate surface area is 122 Å². The minimum Gasteiger partial charge on any atom is -0.478 e. The molecule has 1 heterocycles. The number of halogens is 1. The zero-order chi connectivity index (χ0) is 14.8. The van der Waals surface area contributed by atoms with Crippen molar-refractivity contribution in [3.63, 3.8) is 0 Å². The SMILES string of the molecule is O=C(O)c1ccc(Br)c(S(=O)(=O)NCc2ncn[nH]2)c1. The van der Waals surface area contributed by atoms with Crippen LogP contribution in [0.3, 0.4) is 0 Å². The fourth-order valence-corrected chi connectivity index (χ4v) is 3.37. The zero-order valence-electron chi connectivity index (χ0n) is 9.87. The monoisotopic (exact) mass is 360 g/mol. The molecule has 0 unspecified atom stereocenters. The Morgan fingerprint density at radius 3 is 2.80 bits per heavy atom. The Balaban J connectivity index is 2.28. The summed E-state index contributed by atoms with van der Waals surface area (Å²) in [6.45, 7) is -0.0773. The Morgan fingerprint density at radius 1 is 1.45 bits per heavy atom. The zero-order valence-corrected chi connectivity index (χ0v) is 12.3. The van der Waals surface area contributed by atoms with Gasteiger partial charge in [0.25, 0.3) is 0 Å². The highest BCUT2D eigenvalue weighted by atomic mass is 79.9. The first-order chi connectivity index (χ1) is 9.40. The third-order valence-corrected chi connectivity index (χ3v) is 4.76. The number of benzene rings is 1. The van der Waals surface area contributed by atoms with Crippen LogP contribution in [-0.4, -0.2) is 34.7 Å². The van der Waals surface area contributed by atoms with E-state index in [1.54, 1.807) is 0 Å². The van der Waals surface area contributed by atoms with Crippen molar-refractivity contribution in [1.29, 1.82) is 0 Å². The van der Waals surface area contributed by atoms with Crippen LogP contribution in [0.2, 0.25) is 0 Å². The summed E-state index contributed by atoms with van der Waals surface area (Å²) in [5.74, 6) is -0.858. The molecule has 106 valence electrons. The molecule has 0 saturated heterocycles. The number of carboxylic acid groups (broad SMARTS) is 1. The topological polar surface area (TPSA) is 125 Å². The number of carbonyl (C=O) groups is 1.